The van der Waals surface area contributed by atoms with Crippen molar-refractivity contribution in [3.8, 4) is 5.75 Å². The van der Waals surface area contributed by atoms with Crippen molar-refractivity contribution in [3.05, 3.63) is 29.3 Å². The molecule has 3 aliphatic carbocycles. The predicted octanol–water partition coefficient (Wildman–Crippen LogP) is 0.804. The van der Waals surface area contributed by atoms with Crippen LogP contribution in [0.15, 0.2) is 18.2 Å². The molecule has 158 valence electrons. The van der Waals surface area contributed by atoms with Gasteiger partial charge in [0.15, 0.2) is 5.78 Å². The standard InChI is InChI=1S/C22H25N3O5/c26-13-3-4-14-15(9-13)20-7-8-25(10-12-1-2-12)17(16(14)27)22(20,30)6-5-21(11-20)18(28)23-19(29)24-21/h3-4,9,12,17,26,30H,1-2,5-8,10-11H2,(H2,23,24,28,29). The fourth-order valence-electron chi connectivity index (χ4n) is 6.66. The molecule has 5 aliphatic rings. The molecule has 8 heteroatoms. The van der Waals surface area contributed by atoms with Gasteiger partial charge in [-0.2, -0.15) is 0 Å². The summed E-state index contributed by atoms with van der Waals surface area (Å²) in [6.07, 6.45) is 3.58. The van der Waals surface area contributed by atoms with E-state index in [1.54, 1.807) is 12.1 Å². The third-order valence-corrected chi connectivity index (χ3v) is 8.25. The van der Waals surface area contributed by atoms with Crippen LogP contribution in [0.2, 0.25) is 0 Å². The Morgan fingerprint density at radius 1 is 1.13 bits per heavy atom. The maximum atomic E-state index is 13.6. The number of rotatable bonds is 2. The Bertz CT molecular complexity index is 1010. The highest BCUT2D eigenvalue weighted by Crippen LogP contribution is 2.61. The molecule has 3 amide bonds. The van der Waals surface area contributed by atoms with Crippen LogP contribution >= 0.6 is 0 Å². The Kier molecular flexibility index (Phi) is 3.43. The van der Waals surface area contributed by atoms with E-state index in [1.807, 2.05) is 0 Å². The molecule has 0 aromatic heterocycles. The van der Waals surface area contributed by atoms with Crippen LogP contribution in [-0.2, 0) is 10.2 Å². The highest BCUT2D eigenvalue weighted by Gasteiger charge is 2.71. The molecule has 2 bridgehead atoms. The predicted molar refractivity (Wildman–Crippen MR) is 105 cm³/mol. The van der Waals surface area contributed by atoms with E-state index in [0.717, 1.165) is 19.4 Å². The van der Waals surface area contributed by atoms with Crippen LogP contribution in [0.5, 0.6) is 5.75 Å². The minimum atomic E-state index is -1.35. The molecule has 4 atom stereocenters. The molecule has 4 fully saturated rings. The van der Waals surface area contributed by atoms with Gasteiger partial charge in [0.2, 0.25) is 0 Å². The Hall–Kier alpha value is -2.45. The lowest BCUT2D eigenvalue weighted by Crippen LogP contribution is -2.77. The average molecular weight is 411 g/mol. The second-order valence-corrected chi connectivity index (χ2v) is 9.86. The summed E-state index contributed by atoms with van der Waals surface area (Å²) in [7, 11) is 0. The number of ketones is 1. The van der Waals surface area contributed by atoms with Crippen molar-refractivity contribution in [2.24, 2.45) is 5.92 Å². The number of Topliss-reactive ketones (excluding diaryl/α,β-unsaturated/α-hetero) is 1. The lowest BCUT2D eigenvalue weighted by Gasteiger charge is -2.64. The number of phenols is 1. The van der Waals surface area contributed by atoms with E-state index in [9.17, 15) is 24.6 Å². The first kappa shape index (κ1) is 18.3. The zero-order chi connectivity index (χ0) is 20.9. The van der Waals surface area contributed by atoms with Gasteiger partial charge >= 0.3 is 6.03 Å². The lowest BCUT2D eigenvalue weighted by molar-refractivity contribution is -0.167. The molecular formula is C22H25N3O5. The maximum absolute atomic E-state index is 13.6. The highest BCUT2D eigenvalue weighted by molar-refractivity contribution is 6.08. The van der Waals surface area contributed by atoms with Gasteiger partial charge in [-0.15, -0.1) is 0 Å². The third-order valence-electron chi connectivity index (χ3n) is 8.25. The van der Waals surface area contributed by atoms with Crippen LogP contribution in [0.25, 0.3) is 0 Å². The largest absolute Gasteiger partial charge is 0.508 e. The summed E-state index contributed by atoms with van der Waals surface area (Å²) < 4.78 is 0. The second-order valence-electron chi connectivity index (χ2n) is 9.86. The number of piperidine rings is 1. The number of imide groups is 1. The molecule has 8 nitrogen and oxygen atoms in total. The molecule has 0 radical (unpaired) electrons. The number of nitrogens with one attached hydrogen (secondary N) is 2. The number of carbonyl (C=O) groups excluding carboxylic acids is 3. The molecule has 30 heavy (non-hydrogen) atoms. The van der Waals surface area contributed by atoms with Crippen molar-refractivity contribution in [3.63, 3.8) is 0 Å². The molecular weight excluding hydrogens is 386 g/mol. The Morgan fingerprint density at radius 2 is 1.93 bits per heavy atom. The van der Waals surface area contributed by atoms with Crippen LogP contribution in [0, 0.1) is 5.92 Å². The number of hydrogen-bond acceptors (Lipinski definition) is 6. The number of aromatic hydroxyl groups is 1. The van der Waals surface area contributed by atoms with E-state index < -0.39 is 28.6 Å². The summed E-state index contributed by atoms with van der Waals surface area (Å²) >= 11 is 0. The first-order chi connectivity index (χ1) is 14.3. The number of likely N-dealkylation sites (tertiary alicyclic amines) is 1. The molecule has 1 aromatic rings. The molecule has 1 spiro atoms. The first-order valence-electron chi connectivity index (χ1n) is 10.8. The molecule has 2 aliphatic heterocycles. The summed E-state index contributed by atoms with van der Waals surface area (Å²) in [5, 5.41) is 27.6. The number of benzene rings is 1. The van der Waals surface area contributed by atoms with E-state index >= 15 is 0 Å². The number of hydrogen-bond donors (Lipinski definition) is 4. The van der Waals surface area contributed by atoms with Gasteiger partial charge in [-0.3, -0.25) is 19.8 Å². The van der Waals surface area contributed by atoms with Crippen molar-refractivity contribution in [1.82, 2.24) is 15.5 Å². The van der Waals surface area contributed by atoms with Crippen molar-refractivity contribution in [1.29, 1.82) is 0 Å². The maximum Gasteiger partial charge on any atom is 0.322 e. The molecule has 2 saturated carbocycles. The number of phenolic OH excluding ortho intramolecular Hbond substituents is 1. The molecule has 1 aromatic carbocycles. The topological polar surface area (TPSA) is 119 Å². The van der Waals surface area contributed by atoms with E-state index in [2.05, 4.69) is 15.5 Å². The van der Waals surface area contributed by atoms with Crippen molar-refractivity contribution in [2.75, 3.05) is 13.1 Å². The Labute approximate surface area is 173 Å². The normalized spacial score (nSPS) is 40.0. The SMILES string of the molecule is O=C1NC(=O)C2(CCC3(O)C4C(=O)c5ccc(O)cc5C3(CCN4CC3CC3)C2)N1. The summed E-state index contributed by atoms with van der Waals surface area (Å²) in [5.41, 5.74) is -2.24. The average Bonchev–Trinajstić information content (AvgIpc) is 3.46. The fraction of sp³-hybridized carbons (Fsp3) is 0.591. The van der Waals surface area contributed by atoms with Gasteiger partial charge in [-0.05, 0) is 74.8 Å². The van der Waals surface area contributed by atoms with Crippen LogP contribution in [0.1, 0.15) is 54.4 Å². The number of nitrogens with zero attached hydrogens (tertiary/aromatic N) is 1. The molecule has 4 unspecified atom stereocenters. The zero-order valence-corrected chi connectivity index (χ0v) is 16.6. The summed E-state index contributed by atoms with van der Waals surface area (Å²) in [6.45, 7) is 1.43. The van der Waals surface area contributed by atoms with Crippen LogP contribution in [-0.4, -0.2) is 63.1 Å². The van der Waals surface area contributed by atoms with E-state index in [-0.39, 0.29) is 36.7 Å². The monoisotopic (exact) mass is 411 g/mol. The van der Waals surface area contributed by atoms with E-state index in [4.69, 9.17) is 0 Å². The number of carbonyl (C=O) groups is 3. The van der Waals surface area contributed by atoms with Gasteiger partial charge in [0.1, 0.15) is 17.3 Å². The van der Waals surface area contributed by atoms with Crippen molar-refractivity contribution < 1.29 is 24.6 Å². The van der Waals surface area contributed by atoms with Crippen molar-refractivity contribution >= 4 is 17.7 Å². The van der Waals surface area contributed by atoms with Crippen LogP contribution in [0.4, 0.5) is 4.79 Å². The molecule has 4 N–H and O–H groups in total. The van der Waals surface area contributed by atoms with Gasteiger partial charge in [-0.1, -0.05) is 0 Å². The molecule has 2 heterocycles. The number of fused-ring (bicyclic) bond motifs is 1. The van der Waals surface area contributed by atoms with Gasteiger partial charge in [0, 0.05) is 17.5 Å². The highest BCUT2D eigenvalue weighted by atomic mass is 16.3. The lowest BCUT2D eigenvalue weighted by atomic mass is 9.46. The second kappa shape index (κ2) is 5.62. The van der Waals surface area contributed by atoms with Crippen molar-refractivity contribution in [2.45, 2.75) is 61.1 Å². The van der Waals surface area contributed by atoms with Crippen LogP contribution < -0.4 is 10.6 Å². The van der Waals surface area contributed by atoms with E-state index in [1.165, 1.54) is 6.07 Å². The minimum Gasteiger partial charge on any atom is -0.508 e. The van der Waals surface area contributed by atoms with Gasteiger partial charge in [-0.25, -0.2) is 4.79 Å². The number of urea groups is 1. The zero-order valence-electron chi connectivity index (χ0n) is 16.6. The summed E-state index contributed by atoms with van der Waals surface area (Å²) in [4.78, 5) is 40.5. The molecule has 6 rings (SSSR count). The van der Waals surface area contributed by atoms with Gasteiger partial charge in [0.25, 0.3) is 5.91 Å². The number of aliphatic hydroxyl groups is 1. The number of amides is 3. The quantitative estimate of drug-likeness (QED) is 0.535. The smallest absolute Gasteiger partial charge is 0.322 e. The summed E-state index contributed by atoms with van der Waals surface area (Å²) in [5.74, 6) is 0.112. The third kappa shape index (κ3) is 2.15. The first-order valence-corrected chi connectivity index (χ1v) is 10.8. The Balaban J connectivity index is 1.54. The Morgan fingerprint density at radius 3 is 2.63 bits per heavy atom. The van der Waals surface area contributed by atoms with Gasteiger partial charge < -0.3 is 15.5 Å². The van der Waals surface area contributed by atoms with Gasteiger partial charge in [0.05, 0.1) is 5.60 Å². The van der Waals surface area contributed by atoms with Crippen LogP contribution in [0.3, 0.4) is 0 Å². The molecule has 2 saturated heterocycles. The fourth-order valence-corrected chi connectivity index (χ4v) is 6.66. The van der Waals surface area contributed by atoms with E-state index in [0.29, 0.717) is 30.0 Å². The summed E-state index contributed by atoms with van der Waals surface area (Å²) in [6, 6.07) is 3.52. The minimum absolute atomic E-state index is 0.0247.